The fourth-order valence-electron chi connectivity index (χ4n) is 3.78. The van der Waals surface area contributed by atoms with Crippen molar-refractivity contribution >= 4 is 38.5 Å². The number of sulfonamides is 1. The van der Waals surface area contributed by atoms with Crippen molar-refractivity contribution in [1.29, 1.82) is 0 Å². The molecule has 0 aliphatic carbocycles. The first kappa shape index (κ1) is 21.7. The van der Waals surface area contributed by atoms with E-state index in [1.165, 1.54) is 28.6 Å². The number of hydrogen-bond donors (Lipinski definition) is 3. The highest BCUT2D eigenvalue weighted by Gasteiger charge is 2.27. The Labute approximate surface area is 184 Å². The minimum Gasteiger partial charge on any atom is -0.358 e. The molecule has 4 rings (SSSR count). The number of Topliss-reactive ketones (excluding diaryl/α,β-unsaturated/α-hetero) is 1. The Kier molecular flexibility index (Phi) is 5.81. The number of carbonyl (C=O) groups excluding carboxylic acids is 3. The van der Waals surface area contributed by atoms with Crippen LogP contribution in [0.15, 0.2) is 53.4 Å². The molecule has 0 radical (unpaired) electrons. The van der Waals surface area contributed by atoms with Gasteiger partial charge in [-0.2, -0.15) is 4.31 Å². The van der Waals surface area contributed by atoms with Crippen LogP contribution in [0.25, 0.3) is 10.9 Å². The number of hydrazine groups is 1. The molecule has 9 nitrogen and oxygen atoms in total. The number of nitrogens with one attached hydrogen (secondary N) is 3. The molecule has 1 aliphatic rings. The number of aromatic nitrogens is 1. The third kappa shape index (κ3) is 4.02. The van der Waals surface area contributed by atoms with E-state index in [1.54, 1.807) is 25.1 Å². The lowest BCUT2D eigenvalue weighted by Crippen LogP contribution is -2.45. The normalized spacial score (nSPS) is 14.4. The van der Waals surface area contributed by atoms with Crippen molar-refractivity contribution in [3.8, 4) is 0 Å². The summed E-state index contributed by atoms with van der Waals surface area (Å²) < 4.78 is 26.6. The second kappa shape index (κ2) is 8.56. The highest BCUT2D eigenvalue weighted by molar-refractivity contribution is 7.89. The highest BCUT2D eigenvalue weighted by Crippen LogP contribution is 2.23. The molecule has 32 heavy (non-hydrogen) atoms. The van der Waals surface area contributed by atoms with E-state index in [4.69, 9.17) is 0 Å². The predicted octanol–water partition coefficient (Wildman–Crippen LogP) is 1.90. The van der Waals surface area contributed by atoms with Gasteiger partial charge in [-0.25, -0.2) is 8.42 Å². The first-order valence-corrected chi connectivity index (χ1v) is 11.6. The summed E-state index contributed by atoms with van der Waals surface area (Å²) in [6.07, 6.45) is 1.66. The molecule has 0 bridgehead atoms. The fourth-order valence-corrected chi connectivity index (χ4v) is 5.30. The number of para-hydroxylation sites is 1. The number of nitrogens with zero attached hydrogens (tertiary/aromatic N) is 1. The van der Waals surface area contributed by atoms with Crippen LogP contribution < -0.4 is 10.9 Å². The number of hydrogen-bond acceptors (Lipinski definition) is 5. The summed E-state index contributed by atoms with van der Waals surface area (Å²) in [7, 11) is -3.58. The predicted molar refractivity (Wildman–Crippen MR) is 117 cm³/mol. The Hall–Kier alpha value is -3.50. The molecular weight excluding hydrogens is 432 g/mol. The second-order valence-electron chi connectivity index (χ2n) is 7.54. The van der Waals surface area contributed by atoms with Crippen LogP contribution in [0.3, 0.4) is 0 Å². The number of fused-ring (bicyclic) bond motifs is 1. The van der Waals surface area contributed by atoms with E-state index in [-0.39, 0.29) is 16.0 Å². The minimum absolute atomic E-state index is 0.102. The van der Waals surface area contributed by atoms with Crippen molar-refractivity contribution in [1.82, 2.24) is 20.1 Å². The molecule has 10 heteroatoms. The monoisotopic (exact) mass is 454 g/mol. The van der Waals surface area contributed by atoms with Crippen molar-refractivity contribution in [3.05, 3.63) is 65.4 Å². The Morgan fingerprint density at radius 1 is 0.938 bits per heavy atom. The van der Waals surface area contributed by atoms with Crippen molar-refractivity contribution in [2.75, 3.05) is 13.1 Å². The summed E-state index contributed by atoms with van der Waals surface area (Å²) in [4.78, 5) is 40.5. The molecule has 2 amide bonds. The fraction of sp³-hybridized carbons (Fsp3) is 0.227. The van der Waals surface area contributed by atoms with Crippen LogP contribution in [0.1, 0.15) is 39.3 Å². The summed E-state index contributed by atoms with van der Waals surface area (Å²) >= 11 is 0. The van der Waals surface area contributed by atoms with E-state index in [0.717, 1.165) is 18.4 Å². The van der Waals surface area contributed by atoms with Crippen LogP contribution in [0.2, 0.25) is 0 Å². The first-order chi connectivity index (χ1) is 15.3. The molecule has 3 N–H and O–H groups in total. The Bertz CT molecular complexity index is 1310. The standard InChI is InChI=1S/C22H22N4O5S/c1-14-19(17-6-2-3-7-18(17)23-14)20(27)22(29)25-24-21(28)15-8-10-16(11-9-15)32(30,31)26-12-4-5-13-26/h2-3,6-11,23H,4-5,12-13H2,1H3,(H,24,28)(H,25,29). The molecule has 0 spiro atoms. The molecule has 166 valence electrons. The Balaban J connectivity index is 1.41. The zero-order chi connectivity index (χ0) is 22.9. The van der Waals surface area contributed by atoms with Crippen LogP contribution in [0.4, 0.5) is 0 Å². The van der Waals surface area contributed by atoms with Gasteiger partial charge in [0.1, 0.15) is 0 Å². The van der Waals surface area contributed by atoms with Gasteiger partial charge in [0.2, 0.25) is 10.0 Å². The average Bonchev–Trinajstić information content (AvgIpc) is 3.44. The van der Waals surface area contributed by atoms with Crippen LogP contribution >= 0.6 is 0 Å². The minimum atomic E-state index is -3.58. The van der Waals surface area contributed by atoms with Gasteiger partial charge in [-0.15, -0.1) is 0 Å². The van der Waals surface area contributed by atoms with Crippen molar-refractivity contribution in [2.45, 2.75) is 24.7 Å². The lowest BCUT2D eigenvalue weighted by molar-refractivity contribution is -0.117. The Morgan fingerprint density at radius 3 is 2.28 bits per heavy atom. The van der Waals surface area contributed by atoms with E-state index in [9.17, 15) is 22.8 Å². The molecule has 0 unspecified atom stereocenters. The number of carbonyl (C=O) groups is 3. The Morgan fingerprint density at radius 2 is 1.59 bits per heavy atom. The maximum absolute atomic E-state index is 12.6. The van der Waals surface area contributed by atoms with E-state index >= 15 is 0 Å². The van der Waals surface area contributed by atoms with Crippen LogP contribution in [0.5, 0.6) is 0 Å². The third-order valence-corrected chi connectivity index (χ3v) is 7.35. The zero-order valence-electron chi connectivity index (χ0n) is 17.3. The summed E-state index contributed by atoms with van der Waals surface area (Å²) in [5.74, 6) is -2.45. The summed E-state index contributed by atoms with van der Waals surface area (Å²) in [5.41, 5.74) is 5.97. The van der Waals surface area contributed by atoms with Gasteiger partial charge >= 0.3 is 5.91 Å². The third-order valence-electron chi connectivity index (χ3n) is 5.44. The van der Waals surface area contributed by atoms with Gasteiger partial charge in [-0.3, -0.25) is 25.2 Å². The molecular formula is C22H22N4O5S. The van der Waals surface area contributed by atoms with Gasteiger partial charge in [0.05, 0.1) is 10.5 Å². The van der Waals surface area contributed by atoms with E-state index in [1.807, 2.05) is 6.07 Å². The number of amides is 2. The largest absolute Gasteiger partial charge is 0.358 e. The smallest absolute Gasteiger partial charge is 0.310 e. The SMILES string of the molecule is Cc1[nH]c2ccccc2c1C(=O)C(=O)NNC(=O)c1ccc(S(=O)(=O)N2CCCC2)cc1. The summed E-state index contributed by atoms with van der Waals surface area (Å²) in [5, 5.41) is 0.617. The number of H-pyrrole nitrogens is 1. The highest BCUT2D eigenvalue weighted by atomic mass is 32.2. The van der Waals surface area contributed by atoms with Crippen molar-refractivity contribution in [2.24, 2.45) is 0 Å². The van der Waals surface area contributed by atoms with Gasteiger partial charge in [-0.1, -0.05) is 18.2 Å². The van der Waals surface area contributed by atoms with Gasteiger partial charge < -0.3 is 4.98 Å². The van der Waals surface area contributed by atoms with E-state index in [2.05, 4.69) is 15.8 Å². The zero-order valence-corrected chi connectivity index (χ0v) is 18.2. The van der Waals surface area contributed by atoms with Gasteiger partial charge in [0, 0.05) is 35.2 Å². The first-order valence-electron chi connectivity index (χ1n) is 10.1. The van der Waals surface area contributed by atoms with Gasteiger partial charge in [-0.05, 0) is 50.1 Å². The van der Waals surface area contributed by atoms with Crippen LogP contribution in [-0.4, -0.2) is 48.4 Å². The average molecular weight is 455 g/mol. The molecule has 2 aromatic carbocycles. The maximum Gasteiger partial charge on any atom is 0.310 e. The molecule has 1 fully saturated rings. The number of ketones is 1. The van der Waals surface area contributed by atoms with E-state index < -0.39 is 27.6 Å². The number of aromatic amines is 1. The topological polar surface area (TPSA) is 128 Å². The quantitative estimate of drug-likeness (QED) is 0.308. The maximum atomic E-state index is 12.6. The molecule has 0 atom stereocenters. The van der Waals surface area contributed by atoms with Gasteiger partial charge in [0.15, 0.2) is 0 Å². The number of benzene rings is 2. The second-order valence-corrected chi connectivity index (χ2v) is 9.48. The summed E-state index contributed by atoms with van der Waals surface area (Å²) in [6, 6.07) is 12.5. The number of aryl methyl sites for hydroxylation is 1. The molecule has 2 heterocycles. The van der Waals surface area contributed by atoms with Crippen molar-refractivity contribution < 1.29 is 22.8 Å². The molecule has 0 saturated carbocycles. The molecule has 1 aliphatic heterocycles. The summed E-state index contributed by atoms with van der Waals surface area (Å²) in [6.45, 7) is 2.66. The van der Waals surface area contributed by atoms with Crippen LogP contribution in [-0.2, 0) is 14.8 Å². The molecule has 1 aromatic heterocycles. The number of rotatable bonds is 5. The lowest BCUT2D eigenvalue weighted by atomic mass is 10.1. The van der Waals surface area contributed by atoms with Gasteiger partial charge in [0.25, 0.3) is 11.7 Å². The van der Waals surface area contributed by atoms with E-state index in [0.29, 0.717) is 24.2 Å². The van der Waals surface area contributed by atoms with Crippen LogP contribution in [0, 0.1) is 6.92 Å². The molecule has 3 aromatic rings. The van der Waals surface area contributed by atoms with Crippen molar-refractivity contribution in [3.63, 3.8) is 0 Å². The molecule has 1 saturated heterocycles. The lowest BCUT2D eigenvalue weighted by Gasteiger charge is -2.15.